The van der Waals surface area contributed by atoms with Crippen LogP contribution in [0.1, 0.15) is 23.0 Å². The van der Waals surface area contributed by atoms with Crippen molar-refractivity contribution < 1.29 is 39.4 Å². The van der Waals surface area contributed by atoms with E-state index in [-0.39, 0.29) is 23.0 Å². The Morgan fingerprint density at radius 1 is 0.684 bits per heavy atom. The largest absolute Gasteiger partial charge is 0.370 e. The molecule has 9 nitrogen and oxygen atoms in total. The Hall–Kier alpha value is -2.64. The van der Waals surface area contributed by atoms with E-state index in [4.69, 9.17) is 22.6 Å². The van der Waals surface area contributed by atoms with Gasteiger partial charge in [-0.15, -0.1) is 0 Å². The van der Waals surface area contributed by atoms with E-state index < -0.39 is 50.9 Å². The molecule has 0 spiro atoms. The molecule has 38 heavy (non-hydrogen) atoms. The molecule has 5 atom stereocenters. The maximum atomic E-state index is 13.3. The lowest BCUT2D eigenvalue weighted by Gasteiger charge is -2.45. The van der Waals surface area contributed by atoms with Crippen LogP contribution in [-0.2, 0) is 42.8 Å². The van der Waals surface area contributed by atoms with Crippen molar-refractivity contribution in [2.24, 2.45) is 0 Å². The number of aryl methyl sites for hydroxylation is 2. The third kappa shape index (κ3) is 5.84. The second kappa shape index (κ2) is 10.9. The van der Waals surface area contributed by atoms with E-state index in [1.165, 1.54) is 24.3 Å². The topological polar surface area (TPSA) is 114 Å². The van der Waals surface area contributed by atoms with E-state index in [1.807, 2.05) is 44.2 Å². The Balaban J connectivity index is 1.47. The summed E-state index contributed by atoms with van der Waals surface area (Å²) in [6.45, 7) is 3.51. The maximum Gasteiger partial charge on any atom is 0.297 e. The van der Waals surface area contributed by atoms with Crippen molar-refractivity contribution in [1.29, 1.82) is 0 Å². The molecule has 0 bridgehead atoms. The first-order valence-corrected chi connectivity index (χ1v) is 14.9. The minimum Gasteiger partial charge on any atom is -0.370 e. The first-order chi connectivity index (χ1) is 18.1. The zero-order valence-electron chi connectivity index (χ0n) is 20.8. The summed E-state index contributed by atoms with van der Waals surface area (Å²) in [7, 11) is -8.60. The summed E-state index contributed by atoms with van der Waals surface area (Å²) in [4.78, 5) is -0.140. The Labute approximate surface area is 222 Å². The van der Waals surface area contributed by atoms with Crippen LogP contribution in [0.5, 0.6) is 0 Å². The normalized spacial score (nSPS) is 26.0. The number of ether oxygens (including phenoxy) is 3. The molecular weight excluding hydrogens is 532 g/mol. The van der Waals surface area contributed by atoms with Crippen LogP contribution in [0.15, 0.2) is 88.7 Å². The van der Waals surface area contributed by atoms with Gasteiger partial charge < -0.3 is 14.2 Å². The molecule has 0 radical (unpaired) electrons. The SMILES string of the molecule is Cc1ccc(S(=O)(=O)O[C@H]2[C@@H]3O[C@@H](c4ccccc4)OC[C@H]3OC[C@@H]2OS(=O)(=O)c2ccc(C)cc2)cc1. The fourth-order valence-electron chi connectivity index (χ4n) is 4.32. The minimum absolute atomic E-state index is 0.0691. The zero-order chi connectivity index (χ0) is 26.9. The molecule has 5 rings (SSSR count). The molecule has 2 aliphatic rings. The quantitative estimate of drug-likeness (QED) is 0.399. The van der Waals surface area contributed by atoms with Gasteiger partial charge in [-0.3, -0.25) is 8.37 Å². The first kappa shape index (κ1) is 26.9. The maximum absolute atomic E-state index is 13.3. The number of benzene rings is 3. The highest BCUT2D eigenvalue weighted by Gasteiger charge is 2.50. The molecule has 2 aliphatic heterocycles. The molecule has 2 fully saturated rings. The van der Waals surface area contributed by atoms with Gasteiger partial charge in [-0.2, -0.15) is 16.8 Å². The number of fused-ring (bicyclic) bond motifs is 1. The second-order valence-electron chi connectivity index (χ2n) is 9.28. The highest BCUT2D eigenvalue weighted by Crippen LogP contribution is 2.36. The van der Waals surface area contributed by atoms with Gasteiger partial charge in [0, 0.05) is 5.56 Å². The lowest BCUT2D eigenvalue weighted by atomic mass is 9.99. The predicted octanol–water partition coefficient (Wildman–Crippen LogP) is 3.66. The van der Waals surface area contributed by atoms with Gasteiger partial charge in [0.1, 0.15) is 24.4 Å². The molecule has 3 aromatic carbocycles. The minimum atomic E-state index is -4.32. The molecule has 3 aromatic rings. The van der Waals surface area contributed by atoms with Crippen molar-refractivity contribution in [3.05, 3.63) is 95.6 Å². The van der Waals surface area contributed by atoms with Crippen molar-refractivity contribution in [3.63, 3.8) is 0 Å². The van der Waals surface area contributed by atoms with Gasteiger partial charge in [0.2, 0.25) is 0 Å². The standard InChI is InChI=1S/C27H28O9S2/c1-18-8-12-21(13-9-18)37(28,29)35-24-17-32-23-16-33-27(20-6-4-3-5-7-20)34-25(23)26(24)36-38(30,31)22-14-10-19(2)11-15-22/h3-15,23-27H,16-17H2,1-2H3/t23-,24+,25-,26-,27+/m1/s1. The summed E-state index contributed by atoms with van der Waals surface area (Å²) < 4.78 is 81.9. The van der Waals surface area contributed by atoms with Crippen LogP contribution in [0.4, 0.5) is 0 Å². The van der Waals surface area contributed by atoms with E-state index in [0.717, 1.165) is 11.1 Å². The molecule has 0 N–H and O–H groups in total. The predicted molar refractivity (Wildman–Crippen MR) is 136 cm³/mol. The van der Waals surface area contributed by atoms with Crippen LogP contribution < -0.4 is 0 Å². The van der Waals surface area contributed by atoms with Gasteiger partial charge in [-0.1, -0.05) is 65.7 Å². The lowest BCUT2D eigenvalue weighted by molar-refractivity contribution is -0.307. The summed E-state index contributed by atoms with van der Waals surface area (Å²) in [5.74, 6) is 0. The smallest absolute Gasteiger partial charge is 0.297 e. The molecule has 11 heteroatoms. The van der Waals surface area contributed by atoms with Crippen LogP contribution in [0, 0.1) is 13.8 Å². The number of hydrogen-bond donors (Lipinski definition) is 0. The summed E-state index contributed by atoms with van der Waals surface area (Å²) >= 11 is 0. The summed E-state index contributed by atoms with van der Waals surface area (Å²) in [6.07, 6.45) is -5.18. The van der Waals surface area contributed by atoms with Gasteiger partial charge >= 0.3 is 0 Å². The highest BCUT2D eigenvalue weighted by molar-refractivity contribution is 7.87. The van der Waals surface area contributed by atoms with Crippen molar-refractivity contribution >= 4 is 20.2 Å². The summed E-state index contributed by atoms with van der Waals surface area (Å²) in [5.41, 5.74) is 2.46. The molecule has 202 valence electrons. The van der Waals surface area contributed by atoms with Crippen molar-refractivity contribution in [2.45, 2.75) is 54.3 Å². The van der Waals surface area contributed by atoms with E-state index in [1.54, 1.807) is 24.3 Å². The Morgan fingerprint density at radius 2 is 1.24 bits per heavy atom. The molecular formula is C27H28O9S2. The molecule has 0 aliphatic carbocycles. The number of rotatable bonds is 7. The average Bonchev–Trinajstić information content (AvgIpc) is 2.90. The van der Waals surface area contributed by atoms with E-state index in [9.17, 15) is 16.8 Å². The molecule has 0 amide bonds. The van der Waals surface area contributed by atoms with Gasteiger partial charge in [-0.05, 0) is 38.1 Å². The Kier molecular flexibility index (Phi) is 7.70. The molecule has 0 aromatic heterocycles. The summed E-state index contributed by atoms with van der Waals surface area (Å²) in [6, 6.07) is 21.4. The Bertz CT molecular complexity index is 1460. The zero-order valence-corrected chi connectivity index (χ0v) is 22.4. The van der Waals surface area contributed by atoms with Gasteiger partial charge in [0.25, 0.3) is 20.2 Å². The highest BCUT2D eigenvalue weighted by atomic mass is 32.2. The first-order valence-electron chi connectivity index (χ1n) is 12.1. The Morgan fingerprint density at radius 3 is 1.82 bits per heavy atom. The van der Waals surface area contributed by atoms with Crippen LogP contribution in [0.2, 0.25) is 0 Å². The molecule has 0 saturated carbocycles. The van der Waals surface area contributed by atoms with Crippen LogP contribution in [-0.4, -0.2) is 54.5 Å². The van der Waals surface area contributed by atoms with Crippen molar-refractivity contribution in [3.8, 4) is 0 Å². The van der Waals surface area contributed by atoms with Crippen LogP contribution >= 0.6 is 0 Å². The average molecular weight is 561 g/mol. The third-order valence-electron chi connectivity index (χ3n) is 6.40. The van der Waals surface area contributed by atoms with Crippen molar-refractivity contribution in [1.82, 2.24) is 0 Å². The van der Waals surface area contributed by atoms with E-state index in [2.05, 4.69) is 0 Å². The van der Waals surface area contributed by atoms with Crippen LogP contribution in [0.25, 0.3) is 0 Å². The third-order valence-corrected chi connectivity index (χ3v) is 9.08. The molecule has 0 unspecified atom stereocenters. The number of hydrogen-bond acceptors (Lipinski definition) is 9. The van der Waals surface area contributed by atoms with Gasteiger partial charge in [0.05, 0.1) is 23.0 Å². The van der Waals surface area contributed by atoms with Crippen molar-refractivity contribution in [2.75, 3.05) is 13.2 Å². The molecule has 2 saturated heterocycles. The van der Waals surface area contributed by atoms with Crippen LogP contribution in [0.3, 0.4) is 0 Å². The van der Waals surface area contributed by atoms with E-state index in [0.29, 0.717) is 5.56 Å². The summed E-state index contributed by atoms with van der Waals surface area (Å²) in [5, 5.41) is 0. The van der Waals surface area contributed by atoms with Gasteiger partial charge in [0.15, 0.2) is 6.29 Å². The monoisotopic (exact) mass is 560 g/mol. The lowest BCUT2D eigenvalue weighted by Crippen LogP contribution is -2.60. The van der Waals surface area contributed by atoms with Gasteiger partial charge in [-0.25, -0.2) is 0 Å². The fourth-order valence-corrected chi connectivity index (χ4v) is 6.50. The van der Waals surface area contributed by atoms with E-state index >= 15 is 0 Å². The molecule has 2 heterocycles. The second-order valence-corrected chi connectivity index (χ2v) is 12.4. The fraction of sp³-hybridized carbons (Fsp3) is 0.333.